The molecule has 1 nitrogen and oxygen atoms in total. The van der Waals surface area contributed by atoms with Crippen molar-refractivity contribution >= 4 is 11.8 Å². The molecule has 1 heterocycles. The minimum absolute atomic E-state index is 0.337. The fraction of sp³-hybridized carbons (Fsp3) is 0.571. The molecule has 2 fully saturated rings. The van der Waals surface area contributed by atoms with Crippen LogP contribution in [-0.2, 0) is 5.54 Å². The van der Waals surface area contributed by atoms with Gasteiger partial charge in [0.2, 0.25) is 0 Å². The van der Waals surface area contributed by atoms with E-state index in [1.807, 2.05) is 0 Å². The van der Waals surface area contributed by atoms with Crippen molar-refractivity contribution in [2.45, 2.75) is 37.8 Å². The summed E-state index contributed by atoms with van der Waals surface area (Å²) in [4.78, 5) is 0. The first kappa shape index (κ1) is 10.7. The Kier molecular flexibility index (Phi) is 2.72. The first-order valence-corrected chi connectivity index (χ1v) is 7.37. The molecule has 1 aromatic carbocycles. The molecule has 0 unspecified atom stereocenters. The van der Waals surface area contributed by atoms with Crippen molar-refractivity contribution in [1.29, 1.82) is 0 Å². The molecule has 0 amide bonds. The topological polar surface area (TPSA) is 12.0 Å². The highest BCUT2D eigenvalue weighted by molar-refractivity contribution is 7.99. The van der Waals surface area contributed by atoms with E-state index in [1.165, 1.54) is 41.9 Å². The molecular weight excluding hydrogens is 214 g/mol. The van der Waals surface area contributed by atoms with Gasteiger partial charge in [-0.1, -0.05) is 29.8 Å². The third-order valence-electron chi connectivity index (χ3n) is 3.76. The zero-order valence-corrected chi connectivity index (χ0v) is 10.6. The molecule has 0 radical (unpaired) electrons. The maximum atomic E-state index is 3.88. The van der Waals surface area contributed by atoms with Crippen molar-refractivity contribution in [3.8, 4) is 0 Å². The summed E-state index contributed by atoms with van der Waals surface area (Å²) < 4.78 is 0. The summed E-state index contributed by atoms with van der Waals surface area (Å²) in [6, 6.07) is 9.82. The monoisotopic (exact) mass is 233 g/mol. The van der Waals surface area contributed by atoms with Gasteiger partial charge in [0, 0.05) is 17.3 Å². The molecule has 1 aromatic rings. The van der Waals surface area contributed by atoms with E-state index in [0.717, 1.165) is 6.04 Å². The van der Waals surface area contributed by atoms with Gasteiger partial charge >= 0.3 is 0 Å². The van der Waals surface area contributed by atoms with Crippen LogP contribution in [-0.4, -0.2) is 17.5 Å². The number of nitrogens with one attached hydrogen (secondary N) is 1. The fourth-order valence-electron chi connectivity index (χ4n) is 2.55. The highest BCUT2D eigenvalue weighted by atomic mass is 32.2. The van der Waals surface area contributed by atoms with Crippen molar-refractivity contribution in [3.63, 3.8) is 0 Å². The number of thioether (sulfide) groups is 1. The van der Waals surface area contributed by atoms with Crippen molar-refractivity contribution in [2.75, 3.05) is 11.5 Å². The Balaban J connectivity index is 1.74. The Morgan fingerprint density at radius 2 is 2.00 bits per heavy atom. The molecule has 1 N–H and O–H groups in total. The second kappa shape index (κ2) is 4.08. The molecule has 1 aliphatic carbocycles. The van der Waals surface area contributed by atoms with Crippen LogP contribution in [0.15, 0.2) is 24.3 Å². The van der Waals surface area contributed by atoms with Gasteiger partial charge in [0.05, 0.1) is 0 Å². The van der Waals surface area contributed by atoms with Gasteiger partial charge in [0.15, 0.2) is 0 Å². The molecule has 0 aromatic heterocycles. The highest BCUT2D eigenvalue weighted by Gasteiger charge is 2.45. The molecule has 2 heteroatoms. The van der Waals surface area contributed by atoms with E-state index < -0.39 is 0 Å². The molecular formula is C14H19NS. The number of rotatable bonds is 3. The Hall–Kier alpha value is -0.470. The molecule has 86 valence electrons. The number of aryl methyl sites for hydroxylation is 1. The molecule has 0 spiro atoms. The van der Waals surface area contributed by atoms with Crippen molar-refractivity contribution in [1.82, 2.24) is 5.32 Å². The van der Waals surface area contributed by atoms with Gasteiger partial charge in [-0.15, -0.1) is 0 Å². The van der Waals surface area contributed by atoms with Gasteiger partial charge in [-0.05, 0) is 37.5 Å². The predicted octanol–water partition coefficient (Wildman–Crippen LogP) is 3.08. The third kappa shape index (κ3) is 2.01. The van der Waals surface area contributed by atoms with Gasteiger partial charge in [-0.2, -0.15) is 11.8 Å². The van der Waals surface area contributed by atoms with Crippen LogP contribution in [0, 0.1) is 6.92 Å². The van der Waals surface area contributed by atoms with Crippen molar-refractivity contribution in [2.24, 2.45) is 0 Å². The molecule has 2 aliphatic rings. The lowest BCUT2D eigenvalue weighted by molar-refractivity contribution is 0.445. The Morgan fingerprint density at radius 1 is 1.25 bits per heavy atom. The molecule has 16 heavy (non-hydrogen) atoms. The fourth-order valence-corrected chi connectivity index (χ4v) is 3.71. The lowest BCUT2D eigenvalue weighted by atomic mass is 10.0. The van der Waals surface area contributed by atoms with Crippen LogP contribution in [0.1, 0.15) is 30.4 Å². The van der Waals surface area contributed by atoms with Crippen LogP contribution in [0.25, 0.3) is 0 Å². The van der Waals surface area contributed by atoms with E-state index in [4.69, 9.17) is 0 Å². The normalized spacial score (nSPS) is 26.9. The second-order valence-corrected chi connectivity index (χ2v) is 6.30. The molecule has 1 saturated heterocycles. The SMILES string of the molecule is Cc1ccc(C2(N[C@@H]3CCSC3)CC2)cc1. The minimum atomic E-state index is 0.337. The van der Waals surface area contributed by atoms with E-state index in [1.54, 1.807) is 0 Å². The first-order chi connectivity index (χ1) is 7.78. The van der Waals surface area contributed by atoms with Crippen LogP contribution in [0.5, 0.6) is 0 Å². The van der Waals surface area contributed by atoms with Crippen molar-refractivity contribution in [3.05, 3.63) is 35.4 Å². The van der Waals surface area contributed by atoms with Gasteiger partial charge in [-0.25, -0.2) is 0 Å². The summed E-state index contributed by atoms with van der Waals surface area (Å²) in [6.07, 6.45) is 3.98. The zero-order chi connectivity index (χ0) is 11.0. The average molecular weight is 233 g/mol. The number of hydrogen-bond donors (Lipinski definition) is 1. The number of benzene rings is 1. The van der Waals surface area contributed by atoms with Crippen LogP contribution in [0.3, 0.4) is 0 Å². The zero-order valence-electron chi connectivity index (χ0n) is 9.83. The second-order valence-electron chi connectivity index (χ2n) is 5.15. The molecule has 1 saturated carbocycles. The summed E-state index contributed by atoms with van der Waals surface area (Å²) in [5, 5.41) is 3.88. The van der Waals surface area contributed by atoms with Gasteiger partial charge in [0.1, 0.15) is 0 Å². The van der Waals surface area contributed by atoms with Gasteiger partial charge < -0.3 is 5.32 Å². The van der Waals surface area contributed by atoms with Gasteiger partial charge in [0.25, 0.3) is 0 Å². The summed E-state index contributed by atoms with van der Waals surface area (Å²) >= 11 is 2.09. The van der Waals surface area contributed by atoms with E-state index in [9.17, 15) is 0 Å². The Morgan fingerprint density at radius 3 is 2.56 bits per heavy atom. The van der Waals surface area contributed by atoms with Crippen LogP contribution < -0.4 is 5.32 Å². The predicted molar refractivity (Wildman–Crippen MR) is 71.0 cm³/mol. The highest BCUT2D eigenvalue weighted by Crippen LogP contribution is 2.46. The molecule has 1 aliphatic heterocycles. The molecule has 3 rings (SSSR count). The van der Waals surface area contributed by atoms with E-state index in [2.05, 4.69) is 48.3 Å². The smallest absolute Gasteiger partial charge is 0.0438 e. The number of hydrogen-bond acceptors (Lipinski definition) is 2. The lowest BCUT2D eigenvalue weighted by Gasteiger charge is -2.22. The van der Waals surface area contributed by atoms with E-state index >= 15 is 0 Å². The standard InChI is InChI=1S/C14H19NS/c1-11-2-4-12(5-3-11)14(7-8-14)15-13-6-9-16-10-13/h2-5,13,15H,6-10H2,1H3/t13-/m1/s1. The molecule has 0 bridgehead atoms. The largest absolute Gasteiger partial charge is 0.304 e. The lowest BCUT2D eigenvalue weighted by Crippen LogP contribution is -2.38. The van der Waals surface area contributed by atoms with E-state index in [0.29, 0.717) is 5.54 Å². The summed E-state index contributed by atoms with van der Waals surface area (Å²) in [5.74, 6) is 2.63. The van der Waals surface area contributed by atoms with E-state index in [-0.39, 0.29) is 0 Å². The quantitative estimate of drug-likeness (QED) is 0.861. The molecule has 1 atom stereocenters. The van der Waals surface area contributed by atoms with Crippen molar-refractivity contribution < 1.29 is 0 Å². The minimum Gasteiger partial charge on any atom is -0.304 e. The maximum absolute atomic E-state index is 3.88. The Bertz CT molecular complexity index is 361. The first-order valence-electron chi connectivity index (χ1n) is 6.21. The van der Waals surface area contributed by atoms with Gasteiger partial charge in [-0.3, -0.25) is 0 Å². The summed E-state index contributed by atoms with van der Waals surface area (Å²) in [6.45, 7) is 2.16. The van der Waals surface area contributed by atoms with Crippen LogP contribution in [0.4, 0.5) is 0 Å². The third-order valence-corrected chi connectivity index (χ3v) is 4.93. The van der Waals surface area contributed by atoms with Crippen LogP contribution >= 0.6 is 11.8 Å². The average Bonchev–Trinajstić information content (AvgIpc) is 2.88. The van der Waals surface area contributed by atoms with Crippen LogP contribution in [0.2, 0.25) is 0 Å². The maximum Gasteiger partial charge on any atom is 0.0438 e. The summed E-state index contributed by atoms with van der Waals surface area (Å²) in [5.41, 5.74) is 3.19. The Labute approximate surface area is 102 Å². The summed E-state index contributed by atoms with van der Waals surface area (Å²) in [7, 11) is 0.